The van der Waals surface area contributed by atoms with Gasteiger partial charge in [-0.25, -0.2) is 4.98 Å². The predicted octanol–water partition coefficient (Wildman–Crippen LogP) is 2.55. The number of rotatable bonds is 9. The summed E-state index contributed by atoms with van der Waals surface area (Å²) in [4.78, 5) is 9.34. The molecule has 3 heterocycles. The Labute approximate surface area is 154 Å². The number of nitrogens with zero attached hydrogens (tertiary/aromatic N) is 4. The van der Waals surface area contributed by atoms with Crippen LogP contribution in [0.5, 0.6) is 5.88 Å². The van der Waals surface area contributed by atoms with E-state index in [4.69, 9.17) is 9.47 Å². The zero-order valence-electron chi connectivity index (χ0n) is 14.5. The highest BCUT2D eigenvalue weighted by atomic mass is 32.1. The van der Waals surface area contributed by atoms with Crippen LogP contribution in [0.2, 0.25) is 0 Å². The molecule has 0 aromatic carbocycles. The minimum atomic E-state index is -0.0842. The molecule has 3 aromatic rings. The summed E-state index contributed by atoms with van der Waals surface area (Å²) in [5, 5.41) is 17.1. The van der Waals surface area contributed by atoms with Crippen LogP contribution < -0.4 is 0 Å². The maximum atomic E-state index is 10.8. The first kappa shape index (κ1) is 18.3. The Morgan fingerprint density at radius 2 is 2.00 bits per heavy atom. The number of ether oxygens (including phenoxy) is 2. The van der Waals surface area contributed by atoms with Gasteiger partial charge in [0.05, 0.1) is 24.1 Å². The van der Waals surface area contributed by atoms with Gasteiger partial charge < -0.3 is 14.6 Å². The Morgan fingerprint density at radius 1 is 1.28 bits per heavy atom. The normalized spacial score (nSPS) is 13.1. The molecule has 3 aromatic heterocycles. The van der Waals surface area contributed by atoms with E-state index in [0.29, 0.717) is 24.0 Å². The number of aryl methyl sites for hydroxylation is 1. The maximum Gasteiger partial charge on any atom is 0.230 e. The van der Waals surface area contributed by atoms with Crippen molar-refractivity contribution >= 4 is 27.6 Å². The number of methoxy groups -OCH3 is 2. The highest BCUT2D eigenvalue weighted by Crippen LogP contribution is 2.41. The summed E-state index contributed by atoms with van der Waals surface area (Å²) in [7, 11) is 3.38. The van der Waals surface area contributed by atoms with E-state index in [1.54, 1.807) is 25.6 Å². The highest BCUT2D eigenvalue weighted by Gasteiger charge is 2.30. The van der Waals surface area contributed by atoms with Crippen molar-refractivity contribution < 1.29 is 14.6 Å². The van der Waals surface area contributed by atoms with Crippen LogP contribution in [0.1, 0.15) is 21.6 Å². The van der Waals surface area contributed by atoms with Crippen LogP contribution in [-0.2, 0) is 9.47 Å². The number of thiophene rings is 1. The fraction of sp³-hybridized carbons (Fsp3) is 0.500. The second-order valence-electron chi connectivity index (χ2n) is 5.58. The van der Waals surface area contributed by atoms with Gasteiger partial charge in [-0.2, -0.15) is 4.52 Å². The van der Waals surface area contributed by atoms with Crippen LogP contribution in [-0.4, -0.2) is 65.1 Å². The third kappa shape index (κ3) is 3.85. The second-order valence-corrected chi connectivity index (χ2v) is 7.57. The van der Waals surface area contributed by atoms with Crippen molar-refractivity contribution in [2.45, 2.75) is 13.0 Å². The minimum Gasteiger partial charge on any atom is -0.492 e. The van der Waals surface area contributed by atoms with Crippen molar-refractivity contribution in [1.29, 1.82) is 0 Å². The van der Waals surface area contributed by atoms with Gasteiger partial charge in [-0.15, -0.1) is 16.4 Å². The number of thiazole rings is 1. The molecule has 3 rings (SSSR count). The molecule has 1 atom stereocenters. The van der Waals surface area contributed by atoms with Crippen LogP contribution in [0, 0.1) is 6.92 Å². The largest absolute Gasteiger partial charge is 0.492 e. The molecular weight excluding hydrogens is 360 g/mol. The first-order chi connectivity index (χ1) is 12.2. The molecule has 136 valence electrons. The van der Waals surface area contributed by atoms with Crippen molar-refractivity contribution in [1.82, 2.24) is 19.5 Å². The Balaban J connectivity index is 2.03. The van der Waals surface area contributed by atoms with E-state index in [1.807, 2.05) is 18.4 Å². The molecule has 0 saturated heterocycles. The third-order valence-corrected chi connectivity index (χ3v) is 5.89. The Kier molecular flexibility index (Phi) is 6.02. The molecule has 9 heteroatoms. The fourth-order valence-corrected chi connectivity index (χ4v) is 4.83. The standard InChI is InChI=1S/C16H22N4O3S2/c1-11-17-16-20(18-11)15(21)14(25-16)13(12-5-4-10-24-12)19(6-8-22-2)7-9-23-3/h4-5,10,13,21H,6-9H2,1-3H3. The van der Waals surface area contributed by atoms with Gasteiger partial charge >= 0.3 is 0 Å². The number of aromatic nitrogens is 3. The molecule has 0 aliphatic rings. The number of hydrogen-bond donors (Lipinski definition) is 1. The minimum absolute atomic E-state index is 0.0842. The highest BCUT2D eigenvalue weighted by molar-refractivity contribution is 7.17. The lowest BCUT2D eigenvalue weighted by Crippen LogP contribution is -2.34. The molecule has 7 nitrogen and oxygen atoms in total. The zero-order chi connectivity index (χ0) is 17.8. The average molecular weight is 383 g/mol. The number of hydrogen-bond acceptors (Lipinski definition) is 8. The van der Waals surface area contributed by atoms with Gasteiger partial charge in [-0.1, -0.05) is 17.4 Å². The van der Waals surface area contributed by atoms with E-state index < -0.39 is 0 Å². The molecule has 0 amide bonds. The van der Waals surface area contributed by atoms with Crippen LogP contribution in [0.3, 0.4) is 0 Å². The Hall–Kier alpha value is -1.52. The quantitative estimate of drug-likeness (QED) is 0.613. The summed E-state index contributed by atoms with van der Waals surface area (Å²) in [5.74, 6) is 0.801. The fourth-order valence-electron chi connectivity index (χ4n) is 2.74. The van der Waals surface area contributed by atoms with Crippen molar-refractivity contribution in [2.75, 3.05) is 40.5 Å². The summed E-state index contributed by atoms with van der Waals surface area (Å²) in [5.41, 5.74) is 0. The van der Waals surface area contributed by atoms with Gasteiger partial charge in [0, 0.05) is 32.2 Å². The summed E-state index contributed by atoms with van der Waals surface area (Å²) in [6.45, 7) is 4.49. The lowest BCUT2D eigenvalue weighted by atomic mass is 10.1. The molecule has 0 radical (unpaired) electrons. The maximum absolute atomic E-state index is 10.8. The van der Waals surface area contributed by atoms with Gasteiger partial charge in [-0.05, 0) is 18.4 Å². The predicted molar refractivity (Wildman–Crippen MR) is 98.8 cm³/mol. The van der Waals surface area contributed by atoms with E-state index >= 15 is 0 Å². The Bertz CT molecular complexity index is 792. The summed E-state index contributed by atoms with van der Waals surface area (Å²) in [6, 6.07) is 4.03. The number of aromatic hydroxyl groups is 1. The number of fused-ring (bicyclic) bond motifs is 1. The van der Waals surface area contributed by atoms with Crippen LogP contribution in [0.25, 0.3) is 4.96 Å². The summed E-state index contributed by atoms with van der Waals surface area (Å²) >= 11 is 3.14. The summed E-state index contributed by atoms with van der Waals surface area (Å²) < 4.78 is 12.1. The van der Waals surface area contributed by atoms with E-state index in [0.717, 1.165) is 22.8 Å². The van der Waals surface area contributed by atoms with E-state index in [-0.39, 0.29) is 11.9 Å². The van der Waals surface area contributed by atoms with Gasteiger partial charge in [0.2, 0.25) is 10.8 Å². The first-order valence-corrected chi connectivity index (χ1v) is 9.65. The van der Waals surface area contributed by atoms with Gasteiger partial charge in [0.1, 0.15) is 5.82 Å². The molecule has 1 N–H and O–H groups in total. The zero-order valence-corrected chi connectivity index (χ0v) is 16.1. The second kappa shape index (κ2) is 8.24. The van der Waals surface area contributed by atoms with E-state index in [9.17, 15) is 5.11 Å². The van der Waals surface area contributed by atoms with Crippen molar-refractivity contribution in [3.05, 3.63) is 33.1 Å². The van der Waals surface area contributed by atoms with Crippen LogP contribution in [0.4, 0.5) is 0 Å². The first-order valence-electron chi connectivity index (χ1n) is 7.96. The molecular formula is C16H22N4O3S2. The average Bonchev–Trinajstić information content (AvgIpc) is 3.30. The Morgan fingerprint density at radius 3 is 2.56 bits per heavy atom. The monoisotopic (exact) mass is 382 g/mol. The van der Waals surface area contributed by atoms with Crippen molar-refractivity contribution in [2.24, 2.45) is 0 Å². The summed E-state index contributed by atoms with van der Waals surface area (Å²) in [6.07, 6.45) is 0. The molecule has 25 heavy (non-hydrogen) atoms. The smallest absolute Gasteiger partial charge is 0.230 e. The van der Waals surface area contributed by atoms with E-state index in [2.05, 4.69) is 21.0 Å². The van der Waals surface area contributed by atoms with Gasteiger partial charge in [0.25, 0.3) is 0 Å². The lowest BCUT2D eigenvalue weighted by molar-refractivity contribution is 0.0981. The topological polar surface area (TPSA) is 72.1 Å². The third-order valence-electron chi connectivity index (χ3n) is 3.90. The van der Waals surface area contributed by atoms with Crippen LogP contribution in [0.15, 0.2) is 17.5 Å². The van der Waals surface area contributed by atoms with Crippen LogP contribution >= 0.6 is 22.7 Å². The SMILES string of the molecule is COCCN(CCOC)C(c1cccs1)c1sc2nc(C)nn2c1O. The lowest BCUT2D eigenvalue weighted by Gasteiger charge is -2.30. The van der Waals surface area contributed by atoms with Crippen molar-refractivity contribution in [3.63, 3.8) is 0 Å². The molecule has 0 bridgehead atoms. The molecule has 1 unspecified atom stereocenters. The van der Waals surface area contributed by atoms with Gasteiger partial charge in [-0.3, -0.25) is 4.90 Å². The van der Waals surface area contributed by atoms with Crippen molar-refractivity contribution in [3.8, 4) is 5.88 Å². The molecule has 0 fully saturated rings. The van der Waals surface area contributed by atoms with Gasteiger partial charge in [0.15, 0.2) is 0 Å². The molecule has 0 saturated carbocycles. The molecule has 0 aliphatic carbocycles. The molecule has 0 spiro atoms. The van der Waals surface area contributed by atoms with E-state index in [1.165, 1.54) is 15.9 Å². The molecule has 0 aliphatic heterocycles.